The van der Waals surface area contributed by atoms with Crippen molar-refractivity contribution in [1.82, 2.24) is 9.55 Å². The van der Waals surface area contributed by atoms with Crippen LogP contribution in [0.3, 0.4) is 0 Å². The summed E-state index contributed by atoms with van der Waals surface area (Å²) in [6.07, 6.45) is 2.43. The number of carbonyl (C=O) groups excluding carboxylic acids is 1. The molecule has 0 radical (unpaired) electrons. The Morgan fingerprint density at radius 1 is 0.969 bits per heavy atom. The number of anilines is 1. The summed E-state index contributed by atoms with van der Waals surface area (Å²) in [6.45, 7) is 5.85. The van der Waals surface area contributed by atoms with Gasteiger partial charge in [0, 0.05) is 29.3 Å². The maximum Gasteiger partial charge on any atom is 0.261 e. The second-order valence-electron chi connectivity index (χ2n) is 7.68. The standard InChI is InChI=1S/C27H25N3O2/c1-4-20-12-10-11-18(2)25(20)29-27(32)24-23(31)17-19(3)30(21-13-6-5-7-14-21)26(24)22-15-8-9-16-28-22/h5-17H,4H2,1-3H3,(H,29,32). The lowest BCUT2D eigenvalue weighted by Gasteiger charge is -2.20. The van der Waals surface area contributed by atoms with Gasteiger partial charge >= 0.3 is 0 Å². The van der Waals surface area contributed by atoms with Crippen LogP contribution in [0.4, 0.5) is 5.69 Å². The van der Waals surface area contributed by atoms with Crippen LogP contribution < -0.4 is 10.7 Å². The van der Waals surface area contributed by atoms with Gasteiger partial charge in [0.2, 0.25) is 0 Å². The molecular formula is C27H25N3O2. The van der Waals surface area contributed by atoms with Crippen LogP contribution >= 0.6 is 0 Å². The van der Waals surface area contributed by atoms with Gasteiger partial charge in [0.05, 0.1) is 11.4 Å². The van der Waals surface area contributed by atoms with Gasteiger partial charge in [0.25, 0.3) is 5.91 Å². The van der Waals surface area contributed by atoms with E-state index in [0.717, 1.165) is 34.6 Å². The number of carbonyl (C=O) groups is 1. The average molecular weight is 424 g/mol. The molecule has 5 heteroatoms. The van der Waals surface area contributed by atoms with Crippen molar-refractivity contribution in [2.45, 2.75) is 27.2 Å². The van der Waals surface area contributed by atoms with E-state index < -0.39 is 5.91 Å². The molecule has 1 amide bonds. The number of benzene rings is 2. The molecule has 0 atom stereocenters. The van der Waals surface area contributed by atoms with E-state index in [-0.39, 0.29) is 11.0 Å². The summed E-state index contributed by atoms with van der Waals surface area (Å²) in [5.74, 6) is -0.440. The molecule has 0 saturated heterocycles. The molecule has 0 fully saturated rings. The van der Waals surface area contributed by atoms with E-state index in [1.807, 2.05) is 92.1 Å². The molecule has 0 saturated carbocycles. The number of hydrogen-bond acceptors (Lipinski definition) is 3. The number of amides is 1. The van der Waals surface area contributed by atoms with Crippen LogP contribution in [0.1, 0.15) is 34.1 Å². The first-order valence-corrected chi connectivity index (χ1v) is 10.6. The van der Waals surface area contributed by atoms with Crippen molar-refractivity contribution in [1.29, 1.82) is 0 Å². The van der Waals surface area contributed by atoms with E-state index in [2.05, 4.69) is 10.3 Å². The van der Waals surface area contributed by atoms with Gasteiger partial charge in [-0.05, 0) is 55.7 Å². The van der Waals surface area contributed by atoms with Crippen LogP contribution in [0.2, 0.25) is 0 Å². The van der Waals surface area contributed by atoms with Crippen molar-refractivity contribution < 1.29 is 4.79 Å². The Balaban J connectivity index is 1.97. The number of pyridine rings is 2. The zero-order valence-electron chi connectivity index (χ0n) is 18.4. The predicted molar refractivity (Wildman–Crippen MR) is 129 cm³/mol. The minimum Gasteiger partial charge on any atom is -0.321 e. The Hall–Kier alpha value is -3.99. The first-order valence-electron chi connectivity index (χ1n) is 10.6. The number of nitrogens with zero attached hydrogens (tertiary/aromatic N) is 2. The summed E-state index contributed by atoms with van der Waals surface area (Å²) in [5.41, 5.74) is 5.07. The Morgan fingerprint density at radius 2 is 1.72 bits per heavy atom. The van der Waals surface area contributed by atoms with Crippen molar-refractivity contribution >= 4 is 11.6 Å². The molecule has 160 valence electrons. The van der Waals surface area contributed by atoms with Gasteiger partial charge < -0.3 is 9.88 Å². The van der Waals surface area contributed by atoms with Crippen molar-refractivity contribution in [3.05, 3.63) is 112 Å². The third kappa shape index (κ3) is 3.97. The van der Waals surface area contributed by atoms with Crippen LogP contribution in [0.15, 0.2) is 83.8 Å². The molecule has 4 rings (SSSR count). The van der Waals surface area contributed by atoms with E-state index in [1.54, 1.807) is 6.20 Å². The highest BCUT2D eigenvalue weighted by atomic mass is 16.2. The molecule has 0 aliphatic rings. The number of rotatable bonds is 5. The third-order valence-electron chi connectivity index (χ3n) is 5.53. The van der Waals surface area contributed by atoms with Crippen LogP contribution in [-0.2, 0) is 6.42 Å². The number of aryl methyl sites for hydroxylation is 3. The maximum absolute atomic E-state index is 13.6. The van der Waals surface area contributed by atoms with E-state index >= 15 is 0 Å². The zero-order valence-corrected chi connectivity index (χ0v) is 18.4. The minimum absolute atomic E-state index is 0.0726. The van der Waals surface area contributed by atoms with Crippen molar-refractivity contribution in [2.75, 3.05) is 5.32 Å². The SMILES string of the molecule is CCc1cccc(C)c1NC(=O)c1c(-c2ccccn2)n(-c2ccccc2)c(C)cc1=O. The van der Waals surface area contributed by atoms with Crippen molar-refractivity contribution in [3.8, 4) is 17.1 Å². The van der Waals surface area contributed by atoms with E-state index in [0.29, 0.717) is 11.4 Å². The second-order valence-corrected chi connectivity index (χ2v) is 7.68. The third-order valence-corrected chi connectivity index (χ3v) is 5.53. The molecule has 0 aliphatic carbocycles. The Labute approximate surface area is 187 Å². The average Bonchev–Trinajstić information content (AvgIpc) is 2.81. The van der Waals surface area contributed by atoms with Gasteiger partial charge in [-0.15, -0.1) is 0 Å². The zero-order chi connectivity index (χ0) is 22.7. The second kappa shape index (κ2) is 9.02. The Kier molecular flexibility index (Phi) is 5.99. The predicted octanol–water partition coefficient (Wildman–Crippen LogP) is 5.33. The Morgan fingerprint density at radius 3 is 2.41 bits per heavy atom. The lowest BCUT2D eigenvalue weighted by Crippen LogP contribution is -2.27. The van der Waals surface area contributed by atoms with E-state index in [9.17, 15) is 9.59 Å². The monoisotopic (exact) mass is 423 g/mol. The number of hydrogen-bond donors (Lipinski definition) is 1. The molecule has 0 bridgehead atoms. The summed E-state index contributed by atoms with van der Waals surface area (Å²) in [6, 6.07) is 22.6. The van der Waals surface area contributed by atoms with Gasteiger partial charge in [-0.25, -0.2) is 0 Å². The molecule has 4 aromatic rings. The van der Waals surface area contributed by atoms with Gasteiger partial charge in [-0.3, -0.25) is 14.6 Å². The quantitative estimate of drug-likeness (QED) is 0.472. The fraction of sp³-hybridized carbons (Fsp3) is 0.148. The van der Waals surface area contributed by atoms with Crippen LogP contribution in [0, 0.1) is 13.8 Å². The lowest BCUT2D eigenvalue weighted by molar-refractivity contribution is 0.102. The normalized spacial score (nSPS) is 10.7. The highest BCUT2D eigenvalue weighted by Crippen LogP contribution is 2.27. The number of nitrogens with one attached hydrogen (secondary N) is 1. The molecule has 2 heterocycles. The first kappa shape index (κ1) is 21.2. The fourth-order valence-corrected chi connectivity index (χ4v) is 3.98. The molecule has 5 nitrogen and oxygen atoms in total. The van der Waals surface area contributed by atoms with Crippen LogP contribution in [0.25, 0.3) is 17.1 Å². The molecule has 0 aliphatic heterocycles. The van der Waals surface area contributed by atoms with Crippen LogP contribution in [0.5, 0.6) is 0 Å². The Bertz CT molecular complexity index is 1330. The molecule has 32 heavy (non-hydrogen) atoms. The highest BCUT2D eigenvalue weighted by molar-refractivity contribution is 6.08. The lowest BCUT2D eigenvalue weighted by atomic mass is 10.0. The van der Waals surface area contributed by atoms with Gasteiger partial charge in [0.1, 0.15) is 5.56 Å². The van der Waals surface area contributed by atoms with Gasteiger partial charge in [0.15, 0.2) is 5.43 Å². The van der Waals surface area contributed by atoms with Gasteiger partial charge in [-0.2, -0.15) is 0 Å². The molecule has 2 aromatic carbocycles. The maximum atomic E-state index is 13.6. The summed E-state index contributed by atoms with van der Waals surface area (Å²) in [5, 5.41) is 3.02. The molecular weight excluding hydrogens is 398 g/mol. The largest absolute Gasteiger partial charge is 0.321 e. The van der Waals surface area contributed by atoms with Crippen molar-refractivity contribution in [3.63, 3.8) is 0 Å². The fourth-order valence-electron chi connectivity index (χ4n) is 3.98. The summed E-state index contributed by atoms with van der Waals surface area (Å²) < 4.78 is 1.91. The van der Waals surface area contributed by atoms with E-state index in [4.69, 9.17) is 0 Å². The summed E-state index contributed by atoms with van der Waals surface area (Å²) >= 11 is 0. The van der Waals surface area contributed by atoms with Crippen LogP contribution in [-0.4, -0.2) is 15.5 Å². The minimum atomic E-state index is -0.440. The number of aromatic nitrogens is 2. The first-order chi connectivity index (χ1) is 15.5. The van der Waals surface area contributed by atoms with Gasteiger partial charge in [-0.1, -0.05) is 49.4 Å². The number of para-hydroxylation sites is 2. The highest BCUT2D eigenvalue weighted by Gasteiger charge is 2.24. The topological polar surface area (TPSA) is 64.0 Å². The molecule has 2 aromatic heterocycles. The molecule has 0 unspecified atom stereocenters. The smallest absolute Gasteiger partial charge is 0.261 e. The van der Waals surface area contributed by atoms with E-state index in [1.165, 1.54) is 6.07 Å². The molecule has 0 spiro atoms. The summed E-state index contributed by atoms with van der Waals surface area (Å²) in [7, 11) is 0. The van der Waals surface area contributed by atoms with Crippen molar-refractivity contribution in [2.24, 2.45) is 0 Å². The molecule has 1 N–H and O–H groups in total. The summed E-state index contributed by atoms with van der Waals surface area (Å²) in [4.78, 5) is 31.3.